The van der Waals surface area contributed by atoms with Crippen molar-refractivity contribution in [3.8, 4) is 28.4 Å². The SMILES string of the molecule is COc1cccc(-n2c(C)ccc2-c2ccccc2OC)c1. The molecule has 0 N–H and O–H groups in total. The average Bonchev–Trinajstić information content (AvgIpc) is 2.96. The van der Waals surface area contributed by atoms with Gasteiger partial charge in [0.25, 0.3) is 0 Å². The van der Waals surface area contributed by atoms with E-state index in [0.717, 1.165) is 34.1 Å². The van der Waals surface area contributed by atoms with Crippen molar-refractivity contribution in [2.75, 3.05) is 14.2 Å². The fourth-order valence-electron chi connectivity index (χ4n) is 2.70. The van der Waals surface area contributed by atoms with Crippen molar-refractivity contribution < 1.29 is 9.47 Å². The van der Waals surface area contributed by atoms with Crippen LogP contribution in [0.5, 0.6) is 11.5 Å². The van der Waals surface area contributed by atoms with Crippen molar-refractivity contribution in [2.24, 2.45) is 0 Å². The lowest BCUT2D eigenvalue weighted by Gasteiger charge is -2.15. The number of methoxy groups -OCH3 is 2. The van der Waals surface area contributed by atoms with Gasteiger partial charge in [0.15, 0.2) is 0 Å². The maximum absolute atomic E-state index is 5.51. The minimum atomic E-state index is 0.844. The van der Waals surface area contributed by atoms with E-state index in [2.05, 4.69) is 35.8 Å². The Bertz CT molecular complexity index is 790. The third-order valence-corrected chi connectivity index (χ3v) is 3.77. The highest BCUT2D eigenvalue weighted by molar-refractivity contribution is 5.70. The number of ether oxygens (including phenoxy) is 2. The molecule has 0 saturated heterocycles. The summed E-state index contributed by atoms with van der Waals surface area (Å²) in [6.07, 6.45) is 0. The number of benzene rings is 2. The third-order valence-electron chi connectivity index (χ3n) is 3.77. The van der Waals surface area contributed by atoms with E-state index in [1.54, 1.807) is 14.2 Å². The summed E-state index contributed by atoms with van der Waals surface area (Å²) in [5, 5.41) is 0. The van der Waals surface area contributed by atoms with Gasteiger partial charge in [-0.1, -0.05) is 18.2 Å². The van der Waals surface area contributed by atoms with E-state index in [-0.39, 0.29) is 0 Å². The van der Waals surface area contributed by atoms with Gasteiger partial charge >= 0.3 is 0 Å². The molecule has 3 aromatic rings. The second-order valence-electron chi connectivity index (χ2n) is 5.10. The highest BCUT2D eigenvalue weighted by Gasteiger charge is 2.13. The lowest BCUT2D eigenvalue weighted by molar-refractivity contribution is 0.414. The number of aromatic nitrogens is 1. The Labute approximate surface area is 130 Å². The quantitative estimate of drug-likeness (QED) is 0.708. The van der Waals surface area contributed by atoms with E-state index < -0.39 is 0 Å². The van der Waals surface area contributed by atoms with E-state index in [1.165, 1.54) is 0 Å². The van der Waals surface area contributed by atoms with Crippen molar-refractivity contribution in [2.45, 2.75) is 6.92 Å². The molecule has 3 heteroatoms. The lowest BCUT2D eigenvalue weighted by atomic mass is 10.1. The van der Waals surface area contributed by atoms with Crippen LogP contribution in [0.1, 0.15) is 5.69 Å². The Morgan fingerprint density at radius 1 is 0.818 bits per heavy atom. The molecule has 0 amide bonds. The molecule has 1 aromatic heterocycles. The van der Waals surface area contributed by atoms with Crippen molar-refractivity contribution in [1.29, 1.82) is 0 Å². The number of aryl methyl sites for hydroxylation is 1. The Kier molecular flexibility index (Phi) is 3.88. The van der Waals surface area contributed by atoms with Crippen molar-refractivity contribution in [3.63, 3.8) is 0 Å². The molecule has 112 valence electrons. The third kappa shape index (κ3) is 2.46. The molecular formula is C19H19NO2. The zero-order valence-electron chi connectivity index (χ0n) is 13.0. The molecule has 1 heterocycles. The van der Waals surface area contributed by atoms with Crippen LogP contribution >= 0.6 is 0 Å². The zero-order valence-corrected chi connectivity index (χ0v) is 13.0. The molecule has 22 heavy (non-hydrogen) atoms. The zero-order chi connectivity index (χ0) is 15.5. The van der Waals surface area contributed by atoms with Crippen LogP contribution in [0, 0.1) is 6.92 Å². The maximum atomic E-state index is 5.51. The Morgan fingerprint density at radius 3 is 2.41 bits per heavy atom. The van der Waals surface area contributed by atoms with Crippen molar-refractivity contribution >= 4 is 0 Å². The molecule has 2 aromatic carbocycles. The summed E-state index contributed by atoms with van der Waals surface area (Å²) >= 11 is 0. The lowest BCUT2D eigenvalue weighted by Crippen LogP contribution is -2.00. The number of rotatable bonds is 4. The van der Waals surface area contributed by atoms with E-state index in [9.17, 15) is 0 Å². The number of hydrogen-bond acceptors (Lipinski definition) is 2. The maximum Gasteiger partial charge on any atom is 0.128 e. The monoisotopic (exact) mass is 293 g/mol. The summed E-state index contributed by atoms with van der Waals surface area (Å²) in [6, 6.07) is 20.3. The topological polar surface area (TPSA) is 23.4 Å². The Morgan fingerprint density at radius 2 is 1.64 bits per heavy atom. The molecule has 0 unspecified atom stereocenters. The summed E-state index contributed by atoms with van der Waals surface area (Å²) in [7, 11) is 3.38. The molecule has 0 aliphatic rings. The van der Waals surface area contributed by atoms with Crippen molar-refractivity contribution in [1.82, 2.24) is 4.57 Å². The van der Waals surface area contributed by atoms with Gasteiger partial charge in [0, 0.05) is 23.0 Å². The van der Waals surface area contributed by atoms with Crippen LogP contribution in [0.25, 0.3) is 16.9 Å². The van der Waals surface area contributed by atoms with Crippen LogP contribution in [0.2, 0.25) is 0 Å². The van der Waals surface area contributed by atoms with Gasteiger partial charge in [-0.2, -0.15) is 0 Å². The predicted molar refractivity (Wildman–Crippen MR) is 89.0 cm³/mol. The van der Waals surface area contributed by atoms with Gasteiger partial charge in [-0.25, -0.2) is 0 Å². The van der Waals surface area contributed by atoms with E-state index in [4.69, 9.17) is 9.47 Å². The molecule has 0 saturated carbocycles. The van der Waals surface area contributed by atoms with Crippen LogP contribution in [0.3, 0.4) is 0 Å². The molecule has 0 bridgehead atoms. The summed E-state index contributed by atoms with van der Waals surface area (Å²) in [5.74, 6) is 1.71. The summed E-state index contributed by atoms with van der Waals surface area (Å²) in [5.41, 5.74) is 4.40. The second-order valence-corrected chi connectivity index (χ2v) is 5.10. The van der Waals surface area contributed by atoms with Gasteiger partial charge in [0.1, 0.15) is 11.5 Å². The first kappa shape index (κ1) is 14.3. The highest BCUT2D eigenvalue weighted by atomic mass is 16.5. The molecule has 0 fully saturated rings. The molecule has 0 spiro atoms. The first-order valence-electron chi connectivity index (χ1n) is 7.20. The van der Waals surface area contributed by atoms with E-state index >= 15 is 0 Å². The van der Waals surface area contributed by atoms with Crippen LogP contribution in [-0.4, -0.2) is 18.8 Å². The van der Waals surface area contributed by atoms with Crippen LogP contribution in [0.4, 0.5) is 0 Å². The highest BCUT2D eigenvalue weighted by Crippen LogP contribution is 2.33. The summed E-state index contributed by atoms with van der Waals surface area (Å²) < 4.78 is 13.1. The Balaban J connectivity index is 2.19. The number of para-hydroxylation sites is 1. The van der Waals surface area contributed by atoms with Gasteiger partial charge < -0.3 is 14.0 Å². The van der Waals surface area contributed by atoms with Crippen molar-refractivity contribution in [3.05, 3.63) is 66.4 Å². The van der Waals surface area contributed by atoms with Gasteiger partial charge in [0.2, 0.25) is 0 Å². The summed E-state index contributed by atoms with van der Waals surface area (Å²) in [6.45, 7) is 2.10. The molecule has 0 radical (unpaired) electrons. The largest absolute Gasteiger partial charge is 0.497 e. The Hall–Kier alpha value is -2.68. The normalized spacial score (nSPS) is 10.5. The predicted octanol–water partition coefficient (Wildman–Crippen LogP) is 4.47. The smallest absolute Gasteiger partial charge is 0.128 e. The van der Waals surface area contributed by atoms with Gasteiger partial charge in [-0.05, 0) is 43.3 Å². The average molecular weight is 293 g/mol. The number of hydrogen-bond donors (Lipinski definition) is 0. The van der Waals surface area contributed by atoms with Crippen LogP contribution in [-0.2, 0) is 0 Å². The number of nitrogens with zero attached hydrogens (tertiary/aromatic N) is 1. The minimum Gasteiger partial charge on any atom is -0.497 e. The van der Waals surface area contributed by atoms with Gasteiger partial charge in [-0.15, -0.1) is 0 Å². The molecular weight excluding hydrogens is 274 g/mol. The molecule has 0 aliphatic carbocycles. The minimum absolute atomic E-state index is 0.844. The van der Waals surface area contributed by atoms with E-state index in [0.29, 0.717) is 0 Å². The fourth-order valence-corrected chi connectivity index (χ4v) is 2.70. The van der Waals surface area contributed by atoms with Gasteiger partial charge in [-0.3, -0.25) is 0 Å². The molecule has 0 aliphatic heterocycles. The van der Waals surface area contributed by atoms with Crippen LogP contribution < -0.4 is 9.47 Å². The first-order valence-corrected chi connectivity index (χ1v) is 7.20. The standard InChI is InChI=1S/C19H19NO2/c1-14-11-12-18(17-9-4-5-10-19(17)22-3)20(14)15-7-6-8-16(13-15)21-2/h4-13H,1-3H3. The molecule has 3 nitrogen and oxygen atoms in total. The van der Waals surface area contributed by atoms with Crippen LogP contribution in [0.15, 0.2) is 60.7 Å². The first-order chi connectivity index (χ1) is 10.7. The second kappa shape index (κ2) is 5.98. The molecule has 0 atom stereocenters. The summed E-state index contributed by atoms with van der Waals surface area (Å²) in [4.78, 5) is 0. The fraction of sp³-hybridized carbons (Fsp3) is 0.158. The molecule has 3 rings (SSSR count). The van der Waals surface area contributed by atoms with E-state index in [1.807, 2.05) is 36.4 Å². The van der Waals surface area contributed by atoms with Gasteiger partial charge in [0.05, 0.1) is 19.9 Å².